The van der Waals surface area contributed by atoms with Crippen LogP contribution in [-0.4, -0.2) is 46.5 Å². The Kier molecular flexibility index (Phi) is 8.62. The van der Waals surface area contributed by atoms with Gasteiger partial charge in [0.25, 0.3) is 0 Å². The van der Waals surface area contributed by atoms with Gasteiger partial charge in [0.2, 0.25) is 0 Å². The highest BCUT2D eigenvalue weighted by Crippen LogP contribution is 2.36. The predicted octanol–water partition coefficient (Wildman–Crippen LogP) is 6.88. The van der Waals surface area contributed by atoms with E-state index in [-0.39, 0.29) is 0 Å². The monoisotopic (exact) mass is 571 g/mol. The Balaban J connectivity index is 0.000000448. The maximum Gasteiger partial charge on any atom is 0.490 e. The maximum atomic E-state index is 13.0. The Morgan fingerprint density at radius 3 is 2.49 bits per heavy atom. The van der Waals surface area contributed by atoms with E-state index in [1.807, 2.05) is 18.2 Å². The van der Waals surface area contributed by atoms with Crippen LogP contribution in [0.1, 0.15) is 24.0 Å². The molecule has 0 amide bonds. The summed E-state index contributed by atoms with van der Waals surface area (Å²) in [5.74, 6) is -2.18. The van der Waals surface area contributed by atoms with Gasteiger partial charge in [-0.25, -0.2) is 9.78 Å². The minimum atomic E-state index is -5.08. The fourth-order valence-corrected chi connectivity index (χ4v) is 4.89. The van der Waals surface area contributed by atoms with Crippen LogP contribution in [0.15, 0.2) is 54.6 Å². The van der Waals surface area contributed by atoms with Gasteiger partial charge in [-0.15, -0.1) is 11.3 Å². The van der Waals surface area contributed by atoms with E-state index in [0.717, 1.165) is 60.0 Å². The lowest BCUT2D eigenvalue weighted by Gasteiger charge is -2.11. The topological polar surface area (TPSA) is 87.2 Å². The van der Waals surface area contributed by atoms with Gasteiger partial charge in [0, 0.05) is 24.6 Å². The Morgan fingerprint density at radius 1 is 1.08 bits per heavy atom. The number of rotatable bonds is 6. The molecule has 6 nitrogen and oxygen atoms in total. The third-order valence-corrected chi connectivity index (χ3v) is 6.97. The van der Waals surface area contributed by atoms with Crippen LogP contribution >= 0.6 is 11.3 Å². The number of H-pyrrole nitrogens is 1. The molecule has 0 bridgehead atoms. The first-order chi connectivity index (χ1) is 18.4. The number of ether oxygens (including phenoxy) is 1. The number of hydrogen-bond acceptors (Lipinski definition) is 5. The van der Waals surface area contributed by atoms with Gasteiger partial charge >= 0.3 is 18.3 Å². The van der Waals surface area contributed by atoms with E-state index in [2.05, 4.69) is 33.5 Å². The minimum Gasteiger partial charge on any atom is -0.475 e. The van der Waals surface area contributed by atoms with Crippen LogP contribution in [0, 0.1) is 0 Å². The number of imidazole rings is 1. The molecule has 0 spiro atoms. The fraction of sp³-hybridized carbons (Fsp3) is 0.308. The molecule has 0 saturated carbocycles. The normalized spacial score (nSPS) is 15.8. The summed E-state index contributed by atoms with van der Waals surface area (Å²) < 4.78 is 76.3. The lowest BCUT2D eigenvalue weighted by Crippen LogP contribution is -2.25. The summed E-state index contributed by atoms with van der Waals surface area (Å²) in [6.45, 7) is 2.49. The number of aliphatic carboxylic acids is 1. The molecule has 13 heteroatoms. The summed E-state index contributed by atoms with van der Waals surface area (Å²) in [4.78, 5) is 18.4. The SMILES string of the molecule is FC(F)(F)c1ccc2nc(-c3ccc(-c4cccc(CNCC5CCCO5)c4)s3)[nH]c2c1.O=C(O)C(F)(F)F. The molecule has 4 aromatic rings. The average molecular weight is 572 g/mol. The molecule has 0 radical (unpaired) electrons. The Morgan fingerprint density at radius 2 is 1.82 bits per heavy atom. The number of carboxylic acid groups (broad SMARTS) is 1. The summed E-state index contributed by atoms with van der Waals surface area (Å²) in [7, 11) is 0. The smallest absolute Gasteiger partial charge is 0.475 e. The predicted molar refractivity (Wildman–Crippen MR) is 134 cm³/mol. The highest BCUT2D eigenvalue weighted by Gasteiger charge is 2.38. The first kappa shape index (κ1) is 28.6. The van der Waals surface area contributed by atoms with Crippen molar-refractivity contribution in [2.45, 2.75) is 37.8 Å². The van der Waals surface area contributed by atoms with Gasteiger partial charge in [-0.1, -0.05) is 18.2 Å². The van der Waals surface area contributed by atoms with Crippen molar-refractivity contribution < 1.29 is 41.0 Å². The van der Waals surface area contributed by atoms with Crippen molar-refractivity contribution in [2.24, 2.45) is 0 Å². The molecule has 3 heterocycles. The van der Waals surface area contributed by atoms with Crippen molar-refractivity contribution in [3.05, 3.63) is 65.7 Å². The molecule has 1 aliphatic heterocycles. The van der Waals surface area contributed by atoms with Crippen molar-refractivity contribution in [3.8, 4) is 21.1 Å². The molecule has 2 aromatic carbocycles. The molecule has 1 atom stereocenters. The van der Waals surface area contributed by atoms with E-state index in [9.17, 15) is 26.3 Å². The highest BCUT2D eigenvalue weighted by atomic mass is 32.1. The summed E-state index contributed by atoms with van der Waals surface area (Å²) in [5.41, 5.74) is 2.51. The van der Waals surface area contributed by atoms with Gasteiger partial charge < -0.3 is 20.1 Å². The number of carbonyl (C=O) groups is 1. The van der Waals surface area contributed by atoms with Crippen LogP contribution in [0.4, 0.5) is 26.3 Å². The van der Waals surface area contributed by atoms with Gasteiger partial charge in [0.1, 0.15) is 5.82 Å². The lowest BCUT2D eigenvalue weighted by molar-refractivity contribution is -0.192. The lowest BCUT2D eigenvalue weighted by atomic mass is 10.1. The number of benzene rings is 2. The summed E-state index contributed by atoms with van der Waals surface area (Å²) in [6, 6.07) is 15.9. The molecule has 39 heavy (non-hydrogen) atoms. The summed E-state index contributed by atoms with van der Waals surface area (Å²) in [6.07, 6.45) is -6.89. The third kappa shape index (κ3) is 7.58. The molecule has 3 N–H and O–H groups in total. The Labute approximate surface area is 222 Å². The van der Waals surface area contributed by atoms with Crippen molar-refractivity contribution in [1.82, 2.24) is 15.3 Å². The van der Waals surface area contributed by atoms with Crippen LogP contribution in [0.3, 0.4) is 0 Å². The average Bonchev–Trinajstić information content (AvgIpc) is 3.63. The number of alkyl halides is 6. The molecule has 1 saturated heterocycles. The summed E-state index contributed by atoms with van der Waals surface area (Å²) >= 11 is 1.56. The number of nitrogens with zero attached hydrogens (tertiary/aromatic N) is 1. The second kappa shape index (κ2) is 11.8. The minimum absolute atomic E-state index is 0.314. The largest absolute Gasteiger partial charge is 0.490 e. The number of halogens is 6. The fourth-order valence-electron chi connectivity index (χ4n) is 3.94. The zero-order valence-corrected chi connectivity index (χ0v) is 21.0. The number of nitrogens with one attached hydrogen (secondary N) is 2. The second-order valence-corrected chi connectivity index (χ2v) is 9.83. The first-order valence-corrected chi connectivity index (χ1v) is 12.6. The zero-order chi connectivity index (χ0) is 28.2. The van der Waals surface area contributed by atoms with Crippen LogP contribution in [0.2, 0.25) is 0 Å². The first-order valence-electron chi connectivity index (χ1n) is 11.8. The molecule has 208 valence electrons. The molecule has 2 aromatic heterocycles. The number of carboxylic acids is 1. The van der Waals surface area contributed by atoms with E-state index in [1.54, 1.807) is 11.3 Å². The van der Waals surface area contributed by atoms with Crippen LogP contribution in [0.5, 0.6) is 0 Å². The number of aromatic amines is 1. The Hall–Kier alpha value is -3.42. The molecular weight excluding hydrogens is 548 g/mol. The number of aromatic nitrogens is 2. The zero-order valence-electron chi connectivity index (χ0n) is 20.2. The van der Waals surface area contributed by atoms with E-state index in [1.165, 1.54) is 11.6 Å². The van der Waals surface area contributed by atoms with Gasteiger partial charge in [-0.2, -0.15) is 26.3 Å². The molecular formula is C26H23F6N3O3S. The molecule has 1 aliphatic rings. The van der Waals surface area contributed by atoms with E-state index < -0.39 is 23.9 Å². The van der Waals surface area contributed by atoms with Gasteiger partial charge in [-0.3, -0.25) is 0 Å². The molecule has 0 aliphatic carbocycles. The van der Waals surface area contributed by atoms with Crippen LogP contribution in [-0.2, 0) is 22.3 Å². The van der Waals surface area contributed by atoms with Crippen molar-refractivity contribution in [3.63, 3.8) is 0 Å². The van der Waals surface area contributed by atoms with Crippen molar-refractivity contribution in [1.29, 1.82) is 0 Å². The van der Waals surface area contributed by atoms with Gasteiger partial charge in [0.15, 0.2) is 0 Å². The third-order valence-electron chi connectivity index (χ3n) is 5.83. The van der Waals surface area contributed by atoms with Crippen LogP contribution in [0.25, 0.3) is 32.2 Å². The van der Waals surface area contributed by atoms with Crippen LogP contribution < -0.4 is 5.32 Å². The summed E-state index contributed by atoms with van der Waals surface area (Å²) in [5, 5.41) is 10.6. The van der Waals surface area contributed by atoms with Gasteiger partial charge in [0.05, 0.1) is 27.6 Å². The van der Waals surface area contributed by atoms with Gasteiger partial charge in [-0.05, 0) is 60.4 Å². The molecule has 5 rings (SSSR count). The molecule has 1 unspecified atom stereocenters. The Bertz CT molecular complexity index is 1420. The number of fused-ring (bicyclic) bond motifs is 1. The maximum absolute atomic E-state index is 13.0. The second-order valence-electron chi connectivity index (χ2n) is 8.75. The quantitative estimate of drug-likeness (QED) is 0.220. The van der Waals surface area contributed by atoms with Crippen molar-refractivity contribution in [2.75, 3.05) is 13.2 Å². The number of thiophene rings is 1. The standard InChI is InChI=1S/C24H22F3N3OS.C2HF3O2/c25-24(26,27)17-6-7-19-20(12-17)30-23(29-19)22-9-8-21(32-22)16-4-1-3-15(11-16)13-28-14-18-5-2-10-31-18;3-2(4,5)1(6)7/h1,3-4,6-9,11-12,18,28H,2,5,10,13-14H2,(H,29,30);(H,6,7). The van der Waals surface area contributed by atoms with E-state index >= 15 is 0 Å². The van der Waals surface area contributed by atoms with E-state index in [4.69, 9.17) is 14.6 Å². The van der Waals surface area contributed by atoms with E-state index in [0.29, 0.717) is 23.0 Å². The molecule has 1 fully saturated rings. The highest BCUT2D eigenvalue weighted by molar-refractivity contribution is 7.18. The van der Waals surface area contributed by atoms with Crippen molar-refractivity contribution >= 4 is 28.3 Å². The number of hydrogen-bond donors (Lipinski definition) is 3.